The monoisotopic (exact) mass is 355 g/mol. The molecule has 7 heteroatoms. The van der Waals surface area contributed by atoms with Crippen LogP contribution in [0.2, 0.25) is 0 Å². The van der Waals surface area contributed by atoms with Gasteiger partial charge >= 0.3 is 12.0 Å². The Kier molecular flexibility index (Phi) is 5.95. The highest BCUT2D eigenvalue weighted by molar-refractivity contribution is 5.99. The summed E-state index contributed by atoms with van der Waals surface area (Å²) < 4.78 is 5.22. The lowest BCUT2D eigenvalue weighted by Crippen LogP contribution is -2.30. The van der Waals surface area contributed by atoms with Gasteiger partial charge in [0.2, 0.25) is 0 Å². The number of nitrogens with one attached hydrogen (secondary N) is 2. The van der Waals surface area contributed by atoms with Crippen molar-refractivity contribution in [2.24, 2.45) is 5.73 Å². The number of rotatable bonds is 5. The van der Waals surface area contributed by atoms with E-state index in [0.29, 0.717) is 11.4 Å². The average Bonchev–Trinajstić information content (AvgIpc) is 2.57. The molecule has 0 unspecified atom stereocenters. The van der Waals surface area contributed by atoms with Gasteiger partial charge in [0.1, 0.15) is 0 Å². The maximum Gasteiger partial charge on any atom is 0.338 e. The number of carbonyl (C=O) groups excluding carboxylic acids is 3. The molecule has 2 aromatic rings. The number of hydrogen-bond acceptors (Lipinski definition) is 4. The van der Waals surface area contributed by atoms with Gasteiger partial charge < -0.3 is 21.1 Å². The number of esters is 1. The lowest BCUT2D eigenvalue weighted by molar-refractivity contribution is -0.123. The van der Waals surface area contributed by atoms with Crippen LogP contribution in [0.5, 0.6) is 0 Å². The minimum absolute atomic E-state index is 0.197. The van der Waals surface area contributed by atoms with Crippen molar-refractivity contribution < 1.29 is 19.1 Å². The molecule has 0 saturated heterocycles. The van der Waals surface area contributed by atoms with Gasteiger partial charge in [0.25, 0.3) is 5.91 Å². The Balaban J connectivity index is 2.04. The summed E-state index contributed by atoms with van der Waals surface area (Å²) in [6.45, 7) is 5.26. The van der Waals surface area contributed by atoms with Crippen LogP contribution in [0.4, 0.5) is 16.2 Å². The molecular weight excluding hydrogens is 334 g/mol. The summed E-state index contributed by atoms with van der Waals surface area (Å²) in [6, 6.07) is 11.0. The molecule has 0 aliphatic heterocycles. The fourth-order valence-electron chi connectivity index (χ4n) is 2.38. The molecule has 0 radical (unpaired) electrons. The highest BCUT2D eigenvalue weighted by atomic mass is 16.5. The number of hydrogen-bond donors (Lipinski definition) is 3. The SMILES string of the molecule is Cc1cccc(C)c1NC(=O)[C@H](C)OC(=O)c1cccc(NC(N)=O)c1. The topological polar surface area (TPSA) is 111 Å². The number of anilines is 2. The predicted molar refractivity (Wildman–Crippen MR) is 99.1 cm³/mol. The van der Waals surface area contributed by atoms with Crippen molar-refractivity contribution in [1.82, 2.24) is 0 Å². The number of amides is 3. The van der Waals surface area contributed by atoms with E-state index in [2.05, 4.69) is 10.6 Å². The lowest BCUT2D eigenvalue weighted by atomic mass is 10.1. The molecule has 136 valence electrons. The van der Waals surface area contributed by atoms with Crippen LogP contribution in [0.25, 0.3) is 0 Å². The van der Waals surface area contributed by atoms with Crippen LogP contribution in [-0.4, -0.2) is 24.0 Å². The number of urea groups is 1. The van der Waals surface area contributed by atoms with Gasteiger partial charge in [0, 0.05) is 11.4 Å². The Morgan fingerprint density at radius 1 is 1.00 bits per heavy atom. The van der Waals surface area contributed by atoms with Crippen molar-refractivity contribution in [3.05, 3.63) is 59.2 Å². The van der Waals surface area contributed by atoms with E-state index in [4.69, 9.17) is 10.5 Å². The van der Waals surface area contributed by atoms with Gasteiger partial charge in [-0.25, -0.2) is 9.59 Å². The van der Waals surface area contributed by atoms with Crippen molar-refractivity contribution >= 4 is 29.3 Å². The molecule has 0 heterocycles. The van der Waals surface area contributed by atoms with Crippen molar-refractivity contribution in [3.8, 4) is 0 Å². The van der Waals surface area contributed by atoms with Gasteiger partial charge in [-0.1, -0.05) is 24.3 Å². The lowest BCUT2D eigenvalue weighted by Gasteiger charge is -2.16. The number of carbonyl (C=O) groups is 3. The van der Waals surface area contributed by atoms with Gasteiger partial charge in [0.05, 0.1) is 5.56 Å². The Morgan fingerprint density at radius 3 is 2.23 bits per heavy atom. The maximum atomic E-state index is 12.3. The molecule has 3 amide bonds. The molecule has 0 saturated carbocycles. The normalized spacial score (nSPS) is 11.3. The van der Waals surface area contributed by atoms with Crippen LogP contribution in [0, 0.1) is 13.8 Å². The molecule has 2 aromatic carbocycles. The van der Waals surface area contributed by atoms with Crippen molar-refractivity contribution in [1.29, 1.82) is 0 Å². The van der Waals surface area contributed by atoms with Crippen molar-refractivity contribution in [2.45, 2.75) is 26.9 Å². The molecule has 0 aliphatic rings. The summed E-state index contributed by atoms with van der Waals surface area (Å²) in [6.07, 6.45) is -0.991. The Morgan fingerprint density at radius 2 is 1.62 bits per heavy atom. The first-order valence-corrected chi connectivity index (χ1v) is 8.02. The zero-order valence-electron chi connectivity index (χ0n) is 14.8. The molecular formula is C19H21N3O4. The summed E-state index contributed by atoms with van der Waals surface area (Å²) in [5.41, 5.74) is 8.15. The van der Waals surface area contributed by atoms with Crippen molar-refractivity contribution in [3.63, 3.8) is 0 Å². The number of primary amides is 1. The van der Waals surface area contributed by atoms with Gasteiger partial charge in [-0.3, -0.25) is 4.79 Å². The van der Waals surface area contributed by atoms with Gasteiger partial charge in [-0.05, 0) is 50.1 Å². The van der Waals surface area contributed by atoms with Gasteiger partial charge in [-0.15, -0.1) is 0 Å². The third-order valence-electron chi connectivity index (χ3n) is 3.75. The first-order valence-electron chi connectivity index (χ1n) is 8.02. The van der Waals surface area contributed by atoms with E-state index in [9.17, 15) is 14.4 Å². The van der Waals surface area contributed by atoms with Crippen LogP contribution < -0.4 is 16.4 Å². The van der Waals surface area contributed by atoms with E-state index < -0.39 is 24.0 Å². The van der Waals surface area contributed by atoms with Crippen LogP contribution in [0.1, 0.15) is 28.4 Å². The van der Waals surface area contributed by atoms with E-state index in [-0.39, 0.29) is 5.56 Å². The summed E-state index contributed by atoms with van der Waals surface area (Å²) in [4.78, 5) is 35.5. The number of nitrogens with two attached hydrogens (primary N) is 1. The standard InChI is InChI=1S/C19H21N3O4/c1-11-6-4-7-12(2)16(11)22-17(23)13(3)26-18(24)14-8-5-9-15(10-14)21-19(20)25/h4-10,13H,1-3H3,(H,22,23)(H3,20,21,25)/t13-/m0/s1. The summed E-state index contributed by atoms with van der Waals surface area (Å²) in [5.74, 6) is -1.11. The highest BCUT2D eigenvalue weighted by Gasteiger charge is 2.20. The Bertz CT molecular complexity index is 828. The quantitative estimate of drug-likeness (QED) is 0.716. The molecule has 2 rings (SSSR count). The van der Waals surface area contributed by atoms with Crippen LogP contribution in [-0.2, 0) is 9.53 Å². The second-order valence-corrected chi connectivity index (χ2v) is 5.87. The Hall–Kier alpha value is -3.35. The van der Waals surface area contributed by atoms with Crippen LogP contribution in [0.3, 0.4) is 0 Å². The molecule has 0 spiro atoms. The molecule has 1 atom stereocenters. The van der Waals surface area contributed by atoms with E-state index in [1.807, 2.05) is 32.0 Å². The minimum Gasteiger partial charge on any atom is -0.449 e. The first kappa shape index (κ1) is 19.0. The van der Waals surface area contributed by atoms with E-state index in [0.717, 1.165) is 11.1 Å². The van der Waals surface area contributed by atoms with E-state index in [1.54, 1.807) is 12.1 Å². The zero-order chi connectivity index (χ0) is 19.3. The summed E-state index contributed by atoms with van der Waals surface area (Å²) >= 11 is 0. The summed E-state index contributed by atoms with van der Waals surface area (Å²) in [7, 11) is 0. The second kappa shape index (κ2) is 8.15. The van der Waals surface area contributed by atoms with Crippen molar-refractivity contribution in [2.75, 3.05) is 10.6 Å². The number of aryl methyl sites for hydroxylation is 2. The van der Waals surface area contributed by atoms with E-state index >= 15 is 0 Å². The number of benzene rings is 2. The fourth-order valence-corrected chi connectivity index (χ4v) is 2.38. The number of para-hydroxylation sites is 1. The largest absolute Gasteiger partial charge is 0.449 e. The van der Waals surface area contributed by atoms with Crippen LogP contribution >= 0.6 is 0 Å². The molecule has 0 fully saturated rings. The molecule has 4 N–H and O–H groups in total. The third kappa shape index (κ3) is 4.83. The zero-order valence-corrected chi connectivity index (χ0v) is 14.8. The molecule has 0 aliphatic carbocycles. The molecule has 26 heavy (non-hydrogen) atoms. The first-order chi connectivity index (χ1) is 12.3. The third-order valence-corrected chi connectivity index (χ3v) is 3.75. The maximum absolute atomic E-state index is 12.3. The average molecular weight is 355 g/mol. The smallest absolute Gasteiger partial charge is 0.338 e. The summed E-state index contributed by atoms with van der Waals surface area (Å²) in [5, 5.41) is 5.16. The van der Waals surface area contributed by atoms with Gasteiger partial charge in [-0.2, -0.15) is 0 Å². The Labute approximate surface area is 151 Å². The number of ether oxygens (including phenoxy) is 1. The predicted octanol–water partition coefficient (Wildman–Crippen LogP) is 2.98. The second-order valence-electron chi connectivity index (χ2n) is 5.87. The minimum atomic E-state index is -0.991. The molecule has 0 bridgehead atoms. The van der Waals surface area contributed by atoms with E-state index in [1.165, 1.54) is 19.1 Å². The van der Waals surface area contributed by atoms with Crippen LogP contribution in [0.15, 0.2) is 42.5 Å². The molecule has 0 aromatic heterocycles. The fraction of sp³-hybridized carbons (Fsp3) is 0.211. The van der Waals surface area contributed by atoms with Gasteiger partial charge in [0.15, 0.2) is 6.10 Å². The highest BCUT2D eigenvalue weighted by Crippen LogP contribution is 2.20. The molecule has 7 nitrogen and oxygen atoms in total.